The van der Waals surface area contributed by atoms with Crippen LogP contribution in [0.15, 0.2) is 72.9 Å². The van der Waals surface area contributed by atoms with Gasteiger partial charge in [0.05, 0.1) is 0 Å². The molecular weight excluding hydrogens is 324 g/mol. The molecule has 0 saturated carbocycles. The van der Waals surface area contributed by atoms with Gasteiger partial charge in [-0.2, -0.15) is 0 Å². The minimum atomic E-state index is -0.247. The number of para-hydroxylation sites is 1. The van der Waals surface area contributed by atoms with Gasteiger partial charge >= 0.3 is 0 Å². The summed E-state index contributed by atoms with van der Waals surface area (Å²) in [5.74, 6) is 0.299. The minimum absolute atomic E-state index is 0.197. The fraction of sp³-hybridized carbons (Fsp3) is 0.190. The van der Waals surface area contributed by atoms with E-state index in [1.165, 1.54) is 5.56 Å². The Hall–Kier alpha value is -3.21. The van der Waals surface area contributed by atoms with E-state index in [1.807, 2.05) is 48.5 Å². The molecule has 5 nitrogen and oxygen atoms in total. The van der Waals surface area contributed by atoms with E-state index in [9.17, 15) is 4.79 Å². The van der Waals surface area contributed by atoms with Gasteiger partial charge in [0.15, 0.2) is 0 Å². The number of hydrogen-bond acceptors (Lipinski definition) is 4. The number of aromatic nitrogens is 2. The van der Waals surface area contributed by atoms with Gasteiger partial charge in [-0.25, -0.2) is 9.97 Å². The number of hydrogen-bond donors (Lipinski definition) is 1. The topological polar surface area (TPSA) is 58.1 Å². The number of carbonyl (C=O) groups excluding carboxylic acids is 1. The monoisotopic (exact) mass is 346 g/mol. The van der Waals surface area contributed by atoms with E-state index < -0.39 is 0 Å². The first kappa shape index (κ1) is 17.6. The molecule has 0 aliphatic heterocycles. The first-order valence-electron chi connectivity index (χ1n) is 8.63. The van der Waals surface area contributed by atoms with Crippen LogP contribution in [0, 0.1) is 0 Å². The van der Waals surface area contributed by atoms with Crippen LogP contribution in [-0.2, 0) is 6.54 Å². The summed E-state index contributed by atoms with van der Waals surface area (Å²) in [5, 5.41) is 2.86. The second kappa shape index (κ2) is 8.25. The second-order valence-corrected chi connectivity index (χ2v) is 6.27. The van der Waals surface area contributed by atoms with Gasteiger partial charge in [-0.15, -0.1) is 0 Å². The zero-order chi connectivity index (χ0) is 18.4. The summed E-state index contributed by atoms with van der Waals surface area (Å²) in [7, 11) is 0. The standard InChI is InChI=1S/C21H22N4O/c1-16(2)25(15-17-9-5-3-6-10-17)21-22-14-13-19(24-21)20(26)23-18-11-7-4-8-12-18/h3-14,16H,15H2,1-2H3,(H,23,26). The van der Waals surface area contributed by atoms with Crippen molar-refractivity contribution in [1.29, 1.82) is 0 Å². The quantitative estimate of drug-likeness (QED) is 0.729. The van der Waals surface area contributed by atoms with E-state index in [-0.39, 0.29) is 11.9 Å². The summed E-state index contributed by atoms with van der Waals surface area (Å²) in [6, 6.07) is 21.3. The lowest BCUT2D eigenvalue weighted by Crippen LogP contribution is -2.32. The normalized spacial score (nSPS) is 10.6. The van der Waals surface area contributed by atoms with Crippen molar-refractivity contribution < 1.29 is 4.79 Å². The maximum Gasteiger partial charge on any atom is 0.274 e. The molecule has 1 N–H and O–H groups in total. The van der Waals surface area contributed by atoms with Crippen molar-refractivity contribution >= 4 is 17.5 Å². The van der Waals surface area contributed by atoms with Gasteiger partial charge in [-0.1, -0.05) is 48.5 Å². The van der Waals surface area contributed by atoms with Crippen molar-refractivity contribution in [3.63, 3.8) is 0 Å². The Morgan fingerprint density at radius 1 is 1.00 bits per heavy atom. The van der Waals surface area contributed by atoms with Gasteiger partial charge in [0.25, 0.3) is 5.91 Å². The number of rotatable bonds is 6. The maximum absolute atomic E-state index is 12.5. The zero-order valence-electron chi connectivity index (χ0n) is 15.0. The Kier molecular flexibility index (Phi) is 5.59. The first-order chi connectivity index (χ1) is 12.6. The van der Waals surface area contributed by atoms with Crippen LogP contribution in [0.5, 0.6) is 0 Å². The highest BCUT2D eigenvalue weighted by molar-refractivity contribution is 6.02. The summed E-state index contributed by atoms with van der Waals surface area (Å²) in [6.07, 6.45) is 1.63. The lowest BCUT2D eigenvalue weighted by atomic mass is 10.2. The molecular formula is C21H22N4O. The summed E-state index contributed by atoms with van der Waals surface area (Å²) in [4.78, 5) is 23.4. The molecule has 132 valence electrons. The van der Waals surface area contributed by atoms with Crippen LogP contribution in [0.2, 0.25) is 0 Å². The molecule has 3 rings (SSSR count). The molecule has 0 aliphatic carbocycles. The summed E-state index contributed by atoms with van der Waals surface area (Å²) < 4.78 is 0. The third-order valence-corrected chi connectivity index (χ3v) is 3.98. The molecule has 0 spiro atoms. The van der Waals surface area contributed by atoms with E-state index in [2.05, 4.69) is 46.2 Å². The third kappa shape index (κ3) is 4.45. The molecule has 0 saturated heterocycles. The largest absolute Gasteiger partial charge is 0.334 e. The second-order valence-electron chi connectivity index (χ2n) is 6.27. The average molecular weight is 346 g/mol. The number of benzene rings is 2. The van der Waals surface area contributed by atoms with Crippen LogP contribution in [0.3, 0.4) is 0 Å². The lowest BCUT2D eigenvalue weighted by molar-refractivity contribution is 0.102. The summed E-state index contributed by atoms with van der Waals surface area (Å²) in [6.45, 7) is 4.86. The maximum atomic E-state index is 12.5. The molecule has 0 fully saturated rings. The highest BCUT2D eigenvalue weighted by Gasteiger charge is 2.16. The van der Waals surface area contributed by atoms with Crippen LogP contribution in [0.25, 0.3) is 0 Å². The zero-order valence-corrected chi connectivity index (χ0v) is 15.0. The molecule has 1 amide bonds. The van der Waals surface area contributed by atoms with Crippen molar-refractivity contribution in [2.24, 2.45) is 0 Å². The van der Waals surface area contributed by atoms with Crippen LogP contribution >= 0.6 is 0 Å². The number of amides is 1. The van der Waals surface area contributed by atoms with Crippen molar-refractivity contribution in [1.82, 2.24) is 9.97 Å². The number of nitrogens with zero attached hydrogens (tertiary/aromatic N) is 3. The minimum Gasteiger partial charge on any atom is -0.334 e. The molecule has 3 aromatic rings. The smallest absolute Gasteiger partial charge is 0.274 e. The van der Waals surface area contributed by atoms with Gasteiger partial charge in [0.1, 0.15) is 5.69 Å². The van der Waals surface area contributed by atoms with Crippen molar-refractivity contribution in [3.8, 4) is 0 Å². The molecule has 5 heteroatoms. The Morgan fingerprint density at radius 3 is 2.31 bits per heavy atom. The van der Waals surface area contributed by atoms with E-state index in [4.69, 9.17) is 0 Å². The number of nitrogens with one attached hydrogen (secondary N) is 1. The molecule has 2 aromatic carbocycles. The Balaban J connectivity index is 1.81. The molecule has 0 radical (unpaired) electrons. The predicted molar refractivity (Wildman–Crippen MR) is 104 cm³/mol. The van der Waals surface area contributed by atoms with Crippen LogP contribution in [-0.4, -0.2) is 21.9 Å². The molecule has 0 aliphatic rings. The van der Waals surface area contributed by atoms with Gasteiger partial charge in [0.2, 0.25) is 5.95 Å². The molecule has 1 aromatic heterocycles. The van der Waals surface area contributed by atoms with Gasteiger partial charge in [-0.05, 0) is 37.6 Å². The van der Waals surface area contributed by atoms with Crippen molar-refractivity contribution in [2.75, 3.05) is 10.2 Å². The van der Waals surface area contributed by atoms with Crippen LogP contribution in [0.4, 0.5) is 11.6 Å². The number of anilines is 2. The lowest BCUT2D eigenvalue weighted by Gasteiger charge is -2.27. The van der Waals surface area contributed by atoms with Gasteiger partial charge in [-0.3, -0.25) is 4.79 Å². The summed E-state index contributed by atoms with van der Waals surface area (Å²) in [5.41, 5.74) is 2.25. The molecule has 26 heavy (non-hydrogen) atoms. The van der Waals surface area contributed by atoms with Gasteiger partial charge in [0, 0.05) is 24.5 Å². The predicted octanol–water partition coefficient (Wildman–Crippen LogP) is 4.14. The molecule has 0 unspecified atom stereocenters. The Labute approximate surface area is 153 Å². The number of carbonyl (C=O) groups is 1. The molecule has 1 heterocycles. The Bertz CT molecular complexity index is 850. The summed E-state index contributed by atoms with van der Waals surface area (Å²) >= 11 is 0. The fourth-order valence-corrected chi connectivity index (χ4v) is 2.59. The van der Waals surface area contributed by atoms with Crippen LogP contribution < -0.4 is 10.2 Å². The van der Waals surface area contributed by atoms with E-state index >= 15 is 0 Å². The van der Waals surface area contributed by atoms with E-state index in [0.29, 0.717) is 18.2 Å². The molecule has 0 bridgehead atoms. The average Bonchev–Trinajstić information content (AvgIpc) is 2.67. The third-order valence-electron chi connectivity index (χ3n) is 3.98. The first-order valence-corrected chi connectivity index (χ1v) is 8.63. The Morgan fingerprint density at radius 2 is 1.65 bits per heavy atom. The fourth-order valence-electron chi connectivity index (χ4n) is 2.59. The SMILES string of the molecule is CC(C)N(Cc1ccccc1)c1nccc(C(=O)Nc2ccccc2)n1. The van der Waals surface area contributed by atoms with Crippen molar-refractivity contribution in [2.45, 2.75) is 26.4 Å². The highest BCUT2D eigenvalue weighted by atomic mass is 16.1. The van der Waals surface area contributed by atoms with Gasteiger partial charge < -0.3 is 10.2 Å². The van der Waals surface area contributed by atoms with E-state index in [1.54, 1.807) is 12.3 Å². The molecule has 0 atom stereocenters. The highest BCUT2D eigenvalue weighted by Crippen LogP contribution is 2.16. The van der Waals surface area contributed by atoms with Crippen LogP contribution in [0.1, 0.15) is 29.9 Å². The van der Waals surface area contributed by atoms with E-state index in [0.717, 1.165) is 5.69 Å². The van der Waals surface area contributed by atoms with Crippen molar-refractivity contribution in [3.05, 3.63) is 84.2 Å².